The van der Waals surface area contributed by atoms with Crippen molar-refractivity contribution in [2.45, 2.75) is 52.1 Å². The zero-order chi connectivity index (χ0) is 15.6. The fraction of sp³-hybridized carbons (Fsp3) is 0.588. The van der Waals surface area contributed by atoms with Crippen LogP contribution in [-0.4, -0.2) is 33.0 Å². The van der Waals surface area contributed by atoms with Gasteiger partial charge in [0.05, 0.1) is 24.8 Å². The normalized spacial score (nSPS) is 11.1. The zero-order valence-corrected chi connectivity index (χ0v) is 13.4. The van der Waals surface area contributed by atoms with Gasteiger partial charge in [0.2, 0.25) is 0 Å². The Labute approximate surface area is 132 Å². The molecule has 0 radical (unpaired) electrons. The highest BCUT2D eigenvalue weighted by Crippen LogP contribution is 2.11. The maximum atomic E-state index is 9.01. The van der Waals surface area contributed by atoms with Gasteiger partial charge in [-0.2, -0.15) is 5.26 Å². The van der Waals surface area contributed by atoms with Gasteiger partial charge in [-0.3, -0.25) is 4.90 Å². The second-order valence-electron chi connectivity index (χ2n) is 5.70. The van der Waals surface area contributed by atoms with Gasteiger partial charge in [-0.15, -0.1) is 5.10 Å². The molecule has 1 aromatic heterocycles. The average molecular weight is 299 g/mol. The standard InChI is InChI=1S/C17H25N5/c1-2-3-4-5-6-9-13-21(14-12-18)15-22-17-11-8-7-10-16(17)19-20-22/h7-8,10-11H,2-6,9,13-15H2,1H3. The van der Waals surface area contributed by atoms with Crippen molar-refractivity contribution in [2.75, 3.05) is 13.1 Å². The van der Waals surface area contributed by atoms with E-state index in [-0.39, 0.29) is 0 Å². The van der Waals surface area contributed by atoms with E-state index in [2.05, 4.69) is 28.2 Å². The van der Waals surface area contributed by atoms with E-state index in [1.807, 2.05) is 28.9 Å². The van der Waals surface area contributed by atoms with E-state index in [0.29, 0.717) is 13.2 Å². The zero-order valence-electron chi connectivity index (χ0n) is 13.4. The Balaban J connectivity index is 1.85. The lowest BCUT2D eigenvalue weighted by atomic mass is 10.1. The minimum Gasteiger partial charge on any atom is -0.271 e. The number of fused-ring (bicyclic) bond motifs is 1. The monoisotopic (exact) mass is 299 g/mol. The number of benzene rings is 1. The Morgan fingerprint density at radius 1 is 1.14 bits per heavy atom. The van der Waals surface area contributed by atoms with Gasteiger partial charge in [0.25, 0.3) is 0 Å². The van der Waals surface area contributed by atoms with Crippen molar-refractivity contribution in [1.82, 2.24) is 19.9 Å². The lowest BCUT2D eigenvalue weighted by Gasteiger charge is -2.19. The molecule has 22 heavy (non-hydrogen) atoms. The summed E-state index contributed by atoms with van der Waals surface area (Å²) >= 11 is 0. The van der Waals surface area contributed by atoms with Crippen LogP contribution in [0.5, 0.6) is 0 Å². The molecule has 1 aromatic carbocycles. The second kappa shape index (κ2) is 9.16. The number of aromatic nitrogens is 3. The molecule has 2 aromatic rings. The summed E-state index contributed by atoms with van der Waals surface area (Å²) < 4.78 is 1.88. The molecule has 0 aliphatic rings. The van der Waals surface area contributed by atoms with Crippen LogP contribution in [0.4, 0.5) is 0 Å². The molecule has 5 heteroatoms. The molecule has 5 nitrogen and oxygen atoms in total. The summed E-state index contributed by atoms with van der Waals surface area (Å²) in [4.78, 5) is 2.14. The topological polar surface area (TPSA) is 57.7 Å². The molecule has 1 heterocycles. The summed E-state index contributed by atoms with van der Waals surface area (Å²) in [6.07, 6.45) is 7.59. The highest BCUT2D eigenvalue weighted by molar-refractivity contribution is 5.73. The van der Waals surface area contributed by atoms with E-state index in [9.17, 15) is 0 Å². The van der Waals surface area contributed by atoms with E-state index in [1.54, 1.807) is 0 Å². The third-order valence-electron chi connectivity index (χ3n) is 3.88. The third-order valence-corrected chi connectivity index (χ3v) is 3.88. The summed E-state index contributed by atoms with van der Waals surface area (Å²) in [6, 6.07) is 10.2. The molecule has 0 saturated heterocycles. The number of unbranched alkanes of at least 4 members (excludes halogenated alkanes) is 5. The fourth-order valence-electron chi connectivity index (χ4n) is 2.63. The van der Waals surface area contributed by atoms with Crippen molar-refractivity contribution in [3.63, 3.8) is 0 Å². The van der Waals surface area contributed by atoms with Gasteiger partial charge in [0.1, 0.15) is 5.52 Å². The van der Waals surface area contributed by atoms with Crippen LogP contribution in [0.25, 0.3) is 11.0 Å². The van der Waals surface area contributed by atoms with Crippen LogP contribution in [0.1, 0.15) is 45.4 Å². The van der Waals surface area contributed by atoms with Gasteiger partial charge in [-0.25, -0.2) is 4.68 Å². The molecule has 0 aliphatic carbocycles. The summed E-state index contributed by atoms with van der Waals surface area (Å²) in [5, 5.41) is 17.4. The van der Waals surface area contributed by atoms with Crippen LogP contribution in [0.2, 0.25) is 0 Å². The first-order chi connectivity index (χ1) is 10.8. The molecule has 0 amide bonds. The van der Waals surface area contributed by atoms with Crippen LogP contribution < -0.4 is 0 Å². The van der Waals surface area contributed by atoms with Crippen LogP contribution in [0, 0.1) is 11.3 Å². The molecular formula is C17H25N5. The van der Waals surface area contributed by atoms with Gasteiger partial charge in [0.15, 0.2) is 0 Å². The number of para-hydroxylation sites is 1. The quantitative estimate of drug-likeness (QED) is 0.497. The van der Waals surface area contributed by atoms with Crippen molar-refractivity contribution in [1.29, 1.82) is 5.26 Å². The molecular weight excluding hydrogens is 274 g/mol. The first-order valence-corrected chi connectivity index (χ1v) is 8.22. The van der Waals surface area contributed by atoms with Crippen LogP contribution in [0.3, 0.4) is 0 Å². The number of nitriles is 1. The van der Waals surface area contributed by atoms with E-state index in [4.69, 9.17) is 5.26 Å². The summed E-state index contributed by atoms with van der Waals surface area (Å²) in [5.41, 5.74) is 1.92. The average Bonchev–Trinajstić information content (AvgIpc) is 2.94. The number of rotatable bonds is 10. The lowest BCUT2D eigenvalue weighted by Crippen LogP contribution is -2.28. The molecule has 0 unspecified atom stereocenters. The summed E-state index contributed by atoms with van der Waals surface area (Å²) in [7, 11) is 0. The van der Waals surface area contributed by atoms with Crippen LogP contribution >= 0.6 is 0 Å². The Bertz CT molecular complexity index is 598. The lowest BCUT2D eigenvalue weighted by molar-refractivity contribution is 0.228. The molecule has 118 valence electrons. The highest BCUT2D eigenvalue weighted by Gasteiger charge is 2.09. The van der Waals surface area contributed by atoms with Crippen LogP contribution in [0.15, 0.2) is 24.3 Å². The smallest absolute Gasteiger partial charge is 0.113 e. The highest BCUT2D eigenvalue weighted by atomic mass is 15.5. The molecule has 0 fully saturated rings. The van der Waals surface area contributed by atoms with Crippen molar-refractivity contribution < 1.29 is 0 Å². The maximum absolute atomic E-state index is 9.01. The van der Waals surface area contributed by atoms with Gasteiger partial charge in [-0.05, 0) is 18.6 Å². The molecule has 0 atom stereocenters. The second-order valence-corrected chi connectivity index (χ2v) is 5.70. The van der Waals surface area contributed by atoms with E-state index < -0.39 is 0 Å². The SMILES string of the molecule is CCCCCCCCN(CC#N)Cn1nnc2ccccc21. The number of hydrogen-bond acceptors (Lipinski definition) is 4. The van der Waals surface area contributed by atoms with E-state index in [0.717, 1.165) is 24.0 Å². The van der Waals surface area contributed by atoms with Gasteiger partial charge < -0.3 is 0 Å². The van der Waals surface area contributed by atoms with Crippen LogP contribution in [-0.2, 0) is 6.67 Å². The first kappa shape index (κ1) is 16.4. The summed E-state index contributed by atoms with van der Waals surface area (Å²) in [5.74, 6) is 0. The Kier molecular flexibility index (Phi) is 6.85. The molecule has 0 aliphatic heterocycles. The van der Waals surface area contributed by atoms with Crippen molar-refractivity contribution in [3.8, 4) is 6.07 Å². The molecule has 0 N–H and O–H groups in total. The van der Waals surface area contributed by atoms with Gasteiger partial charge in [0, 0.05) is 6.54 Å². The van der Waals surface area contributed by atoms with E-state index in [1.165, 1.54) is 32.1 Å². The molecule has 2 rings (SSSR count). The van der Waals surface area contributed by atoms with Gasteiger partial charge in [-0.1, -0.05) is 56.4 Å². The Hall–Kier alpha value is -1.93. The van der Waals surface area contributed by atoms with Crippen molar-refractivity contribution >= 4 is 11.0 Å². The van der Waals surface area contributed by atoms with Gasteiger partial charge >= 0.3 is 0 Å². The Morgan fingerprint density at radius 2 is 1.91 bits per heavy atom. The summed E-state index contributed by atoms with van der Waals surface area (Å²) in [6.45, 7) is 4.23. The molecule has 0 bridgehead atoms. The first-order valence-electron chi connectivity index (χ1n) is 8.22. The number of hydrogen-bond donors (Lipinski definition) is 0. The largest absolute Gasteiger partial charge is 0.271 e. The minimum atomic E-state index is 0.434. The van der Waals surface area contributed by atoms with Crippen molar-refractivity contribution in [2.24, 2.45) is 0 Å². The molecule has 0 saturated carbocycles. The number of nitrogens with zero attached hydrogens (tertiary/aromatic N) is 5. The Morgan fingerprint density at radius 3 is 2.73 bits per heavy atom. The fourth-order valence-corrected chi connectivity index (χ4v) is 2.63. The maximum Gasteiger partial charge on any atom is 0.113 e. The minimum absolute atomic E-state index is 0.434. The predicted octanol–water partition coefficient (Wildman–Crippen LogP) is 3.57. The van der Waals surface area contributed by atoms with Crippen molar-refractivity contribution in [3.05, 3.63) is 24.3 Å². The molecule has 0 spiro atoms. The predicted molar refractivity (Wildman–Crippen MR) is 88.1 cm³/mol. The third kappa shape index (κ3) is 4.81. The van der Waals surface area contributed by atoms with E-state index >= 15 is 0 Å².